The van der Waals surface area contributed by atoms with Crippen molar-refractivity contribution < 1.29 is 4.39 Å². The van der Waals surface area contributed by atoms with Crippen LogP contribution in [0.4, 0.5) is 4.39 Å². The van der Waals surface area contributed by atoms with E-state index < -0.39 is 0 Å². The van der Waals surface area contributed by atoms with Crippen LogP contribution in [0.15, 0.2) is 51.8 Å². The van der Waals surface area contributed by atoms with Gasteiger partial charge in [-0.05, 0) is 40.5 Å². The van der Waals surface area contributed by atoms with E-state index in [0.29, 0.717) is 15.8 Å². The molecule has 0 amide bonds. The van der Waals surface area contributed by atoms with Crippen LogP contribution in [-0.4, -0.2) is 5.75 Å². The average Bonchev–Trinajstić information content (AvgIpc) is 2.45. The first-order valence-electron chi connectivity index (χ1n) is 6.22. The van der Waals surface area contributed by atoms with Gasteiger partial charge in [-0.2, -0.15) is 0 Å². The van der Waals surface area contributed by atoms with E-state index in [1.165, 1.54) is 10.5 Å². The van der Waals surface area contributed by atoms with Crippen LogP contribution >= 0.6 is 27.7 Å². The minimum Gasteiger partial charge on any atom is -0.271 e. The van der Waals surface area contributed by atoms with Gasteiger partial charge in [-0.15, -0.1) is 11.8 Å². The Hall–Kier alpha value is -0.880. The van der Waals surface area contributed by atoms with Gasteiger partial charge in [0.2, 0.25) is 0 Å². The zero-order valence-electron chi connectivity index (χ0n) is 11.1. The summed E-state index contributed by atoms with van der Waals surface area (Å²) >= 11 is 4.87. The van der Waals surface area contributed by atoms with Gasteiger partial charge in [-0.25, -0.2) is 4.39 Å². The molecule has 0 spiro atoms. The number of aryl methyl sites for hydroxylation is 1. The van der Waals surface area contributed by atoms with E-state index in [1.807, 2.05) is 18.2 Å². The fraction of sp³-hybridized carbons (Fsp3) is 0.200. The summed E-state index contributed by atoms with van der Waals surface area (Å²) in [5.41, 5.74) is 4.48. The summed E-state index contributed by atoms with van der Waals surface area (Å²) in [4.78, 5) is 1.18. The maximum atomic E-state index is 14.1. The highest BCUT2D eigenvalue weighted by Crippen LogP contribution is 2.29. The highest BCUT2D eigenvalue weighted by Gasteiger charge is 2.16. The van der Waals surface area contributed by atoms with E-state index in [1.54, 1.807) is 23.9 Å². The lowest BCUT2D eigenvalue weighted by atomic mass is 10.1. The van der Waals surface area contributed by atoms with Crippen molar-refractivity contribution in [2.45, 2.75) is 17.9 Å². The molecule has 1 unspecified atom stereocenters. The number of thioether (sulfide) groups is 1. The topological polar surface area (TPSA) is 38.0 Å². The zero-order valence-corrected chi connectivity index (χ0v) is 13.5. The Morgan fingerprint density at radius 2 is 2.00 bits per heavy atom. The van der Waals surface area contributed by atoms with E-state index in [-0.39, 0.29) is 11.9 Å². The summed E-state index contributed by atoms with van der Waals surface area (Å²) in [5, 5.41) is 0. The third-order valence-electron chi connectivity index (χ3n) is 3.06. The Balaban J connectivity index is 2.14. The van der Waals surface area contributed by atoms with Gasteiger partial charge in [0, 0.05) is 16.2 Å². The number of nitrogens with two attached hydrogens (primary N) is 1. The van der Waals surface area contributed by atoms with Crippen molar-refractivity contribution in [1.82, 2.24) is 5.43 Å². The smallest absolute Gasteiger partial charge is 0.142 e. The van der Waals surface area contributed by atoms with Crippen molar-refractivity contribution in [3.8, 4) is 0 Å². The summed E-state index contributed by atoms with van der Waals surface area (Å²) in [6.45, 7) is 2.06. The number of hydrogen-bond acceptors (Lipinski definition) is 3. The molecule has 20 heavy (non-hydrogen) atoms. The van der Waals surface area contributed by atoms with Gasteiger partial charge in [0.1, 0.15) is 5.82 Å². The first-order chi connectivity index (χ1) is 9.63. The molecule has 0 aromatic heterocycles. The van der Waals surface area contributed by atoms with Crippen LogP contribution in [0.2, 0.25) is 0 Å². The molecule has 5 heteroatoms. The van der Waals surface area contributed by atoms with Gasteiger partial charge in [-0.3, -0.25) is 11.3 Å². The molecule has 0 aliphatic heterocycles. The fourth-order valence-electron chi connectivity index (χ4n) is 1.91. The molecule has 0 saturated carbocycles. The third-order valence-corrected chi connectivity index (χ3v) is 4.94. The molecule has 0 bridgehead atoms. The monoisotopic (exact) mass is 354 g/mol. The second-order valence-corrected chi connectivity index (χ2v) is 6.35. The molecular weight excluding hydrogens is 339 g/mol. The number of rotatable bonds is 5. The number of nitrogens with one attached hydrogen (secondary N) is 1. The predicted molar refractivity (Wildman–Crippen MR) is 86.1 cm³/mol. The quantitative estimate of drug-likeness (QED) is 0.480. The van der Waals surface area contributed by atoms with Gasteiger partial charge in [0.05, 0.1) is 10.5 Å². The third kappa shape index (κ3) is 3.61. The van der Waals surface area contributed by atoms with Gasteiger partial charge in [-0.1, -0.05) is 30.3 Å². The molecular formula is C15H16BrFN2S. The molecule has 0 aliphatic carbocycles. The predicted octanol–water partition coefficient (Wildman–Crippen LogP) is 4.19. The van der Waals surface area contributed by atoms with E-state index in [4.69, 9.17) is 5.84 Å². The molecule has 2 nitrogen and oxygen atoms in total. The van der Waals surface area contributed by atoms with Gasteiger partial charge >= 0.3 is 0 Å². The maximum Gasteiger partial charge on any atom is 0.142 e. The minimum atomic E-state index is -0.263. The molecule has 3 N–H and O–H groups in total. The van der Waals surface area contributed by atoms with Crippen LogP contribution < -0.4 is 11.3 Å². The van der Waals surface area contributed by atoms with E-state index in [9.17, 15) is 4.39 Å². The summed E-state index contributed by atoms with van der Waals surface area (Å²) < 4.78 is 14.5. The van der Waals surface area contributed by atoms with E-state index in [2.05, 4.69) is 40.4 Å². The average molecular weight is 355 g/mol. The highest BCUT2D eigenvalue weighted by atomic mass is 79.9. The lowest BCUT2D eigenvalue weighted by Crippen LogP contribution is -2.30. The van der Waals surface area contributed by atoms with Gasteiger partial charge in [0.15, 0.2) is 0 Å². The lowest BCUT2D eigenvalue weighted by Gasteiger charge is -2.17. The molecule has 0 radical (unpaired) electrons. The first-order valence-corrected chi connectivity index (χ1v) is 8.00. The van der Waals surface area contributed by atoms with Crippen LogP contribution in [0.1, 0.15) is 17.2 Å². The Morgan fingerprint density at radius 3 is 2.70 bits per heavy atom. The second-order valence-electron chi connectivity index (χ2n) is 4.44. The Bertz CT molecular complexity index is 592. The van der Waals surface area contributed by atoms with Crippen molar-refractivity contribution in [3.63, 3.8) is 0 Å². The standard InChI is InChI=1S/C15H16BrFN2S/c1-10-5-2-3-8-14(10)20-9-13(19-18)11-6-4-7-12(16)15(11)17/h2-8,13,19H,9,18H2,1H3. The van der Waals surface area contributed by atoms with Crippen molar-refractivity contribution in [2.75, 3.05) is 5.75 Å². The zero-order chi connectivity index (χ0) is 14.5. The van der Waals surface area contributed by atoms with Crippen LogP contribution in [-0.2, 0) is 0 Å². The molecule has 2 rings (SSSR count). The van der Waals surface area contributed by atoms with Crippen LogP contribution in [0.5, 0.6) is 0 Å². The Morgan fingerprint density at radius 1 is 1.25 bits per heavy atom. The molecule has 0 aliphatic rings. The second kappa shape index (κ2) is 7.22. The molecule has 0 heterocycles. The van der Waals surface area contributed by atoms with Crippen LogP contribution in [0.3, 0.4) is 0 Å². The minimum absolute atomic E-state index is 0.239. The van der Waals surface area contributed by atoms with E-state index >= 15 is 0 Å². The molecule has 106 valence electrons. The van der Waals surface area contributed by atoms with E-state index in [0.717, 1.165) is 0 Å². The Labute approximate surface area is 131 Å². The SMILES string of the molecule is Cc1ccccc1SCC(NN)c1cccc(Br)c1F. The maximum absolute atomic E-state index is 14.1. The number of halogens is 2. The van der Waals surface area contributed by atoms with Crippen molar-refractivity contribution in [1.29, 1.82) is 0 Å². The fourth-order valence-corrected chi connectivity index (χ4v) is 3.38. The summed E-state index contributed by atoms with van der Waals surface area (Å²) in [7, 11) is 0. The van der Waals surface area contributed by atoms with Gasteiger partial charge < -0.3 is 0 Å². The summed E-state index contributed by atoms with van der Waals surface area (Å²) in [5.74, 6) is 5.98. The first kappa shape index (κ1) is 15.5. The van der Waals surface area contributed by atoms with Gasteiger partial charge in [0.25, 0.3) is 0 Å². The highest BCUT2D eigenvalue weighted by molar-refractivity contribution is 9.10. The van der Waals surface area contributed by atoms with Crippen molar-refractivity contribution in [3.05, 3.63) is 63.9 Å². The molecule has 2 aromatic rings. The number of benzene rings is 2. The Kier molecular flexibility index (Phi) is 5.60. The summed E-state index contributed by atoms with van der Waals surface area (Å²) in [6, 6.07) is 13.1. The molecule has 0 saturated heterocycles. The largest absolute Gasteiger partial charge is 0.271 e. The lowest BCUT2D eigenvalue weighted by molar-refractivity contribution is 0.543. The molecule has 0 fully saturated rings. The summed E-state index contributed by atoms with van der Waals surface area (Å²) in [6.07, 6.45) is 0. The number of hydrogen-bond donors (Lipinski definition) is 2. The van der Waals surface area contributed by atoms with Crippen molar-refractivity contribution in [2.24, 2.45) is 5.84 Å². The number of hydrazine groups is 1. The molecule has 1 atom stereocenters. The molecule has 2 aromatic carbocycles. The van der Waals surface area contributed by atoms with Crippen LogP contribution in [0, 0.1) is 12.7 Å². The normalized spacial score (nSPS) is 12.4. The van der Waals surface area contributed by atoms with Crippen molar-refractivity contribution >= 4 is 27.7 Å². The van der Waals surface area contributed by atoms with Crippen LogP contribution in [0.25, 0.3) is 0 Å².